The summed E-state index contributed by atoms with van der Waals surface area (Å²) in [6.45, 7) is 2.28. The van der Waals surface area contributed by atoms with E-state index >= 15 is 0 Å². The largest absolute Gasteiger partial charge is 0.482 e. The van der Waals surface area contributed by atoms with Gasteiger partial charge in [0.25, 0.3) is 0 Å². The molecular weight excluding hydrogens is 412 g/mol. The zero-order valence-corrected chi connectivity index (χ0v) is 18.3. The van der Waals surface area contributed by atoms with Crippen molar-refractivity contribution >= 4 is 17.4 Å². The average Bonchev–Trinajstić information content (AvgIpc) is 2.73. The molecule has 0 bridgehead atoms. The van der Waals surface area contributed by atoms with E-state index in [4.69, 9.17) is 21.6 Å². The Labute approximate surface area is 187 Å². The average molecular weight is 439 g/mol. The second kappa shape index (κ2) is 7.96. The molecule has 3 fully saturated rings. The zero-order valence-electron chi connectivity index (χ0n) is 17.6. The molecule has 1 spiro atoms. The first-order valence-corrected chi connectivity index (χ1v) is 11.5. The van der Waals surface area contributed by atoms with Crippen LogP contribution in [0.4, 0.5) is 5.82 Å². The summed E-state index contributed by atoms with van der Waals surface area (Å²) in [6.07, 6.45) is 9.27. The van der Waals surface area contributed by atoms with Gasteiger partial charge in [0, 0.05) is 36.7 Å². The van der Waals surface area contributed by atoms with Crippen molar-refractivity contribution in [1.29, 1.82) is 5.26 Å². The van der Waals surface area contributed by atoms with Crippen LogP contribution in [0.5, 0.6) is 5.75 Å². The van der Waals surface area contributed by atoms with Crippen molar-refractivity contribution in [2.45, 2.75) is 50.5 Å². The van der Waals surface area contributed by atoms with Gasteiger partial charge < -0.3 is 14.7 Å². The van der Waals surface area contributed by atoms with E-state index < -0.39 is 5.60 Å². The maximum absolute atomic E-state index is 9.32. The van der Waals surface area contributed by atoms with Gasteiger partial charge in [-0.25, -0.2) is 0 Å². The highest BCUT2D eigenvalue weighted by Crippen LogP contribution is 2.52. The first-order valence-electron chi connectivity index (χ1n) is 11.1. The quantitative estimate of drug-likeness (QED) is 0.742. The van der Waals surface area contributed by atoms with Gasteiger partial charge in [-0.05, 0) is 62.6 Å². The Hall–Kier alpha value is -2.36. The van der Waals surface area contributed by atoms with Gasteiger partial charge >= 0.3 is 0 Å². The van der Waals surface area contributed by atoms with Gasteiger partial charge in [-0.15, -0.1) is 5.10 Å². The number of halogens is 1. The molecule has 6 nitrogen and oxygen atoms in total. The van der Waals surface area contributed by atoms with Gasteiger partial charge in [-0.2, -0.15) is 10.4 Å². The lowest BCUT2D eigenvalue weighted by Crippen LogP contribution is -2.63. The predicted molar refractivity (Wildman–Crippen MR) is 118 cm³/mol. The zero-order chi connectivity index (χ0) is 21.5. The number of hydrogen-bond acceptors (Lipinski definition) is 6. The minimum absolute atomic E-state index is 0.302. The fourth-order valence-electron chi connectivity index (χ4n) is 5.68. The monoisotopic (exact) mass is 438 g/mol. The van der Waals surface area contributed by atoms with E-state index in [1.54, 1.807) is 12.1 Å². The number of nitriles is 1. The number of ether oxygens (including phenoxy) is 1. The van der Waals surface area contributed by atoms with Crippen molar-refractivity contribution in [3.63, 3.8) is 0 Å². The minimum atomic E-state index is -0.457. The lowest BCUT2D eigenvalue weighted by Gasteiger charge is -2.59. The minimum Gasteiger partial charge on any atom is -0.482 e. The third-order valence-electron chi connectivity index (χ3n) is 7.28. The molecule has 2 aliphatic carbocycles. The lowest BCUT2D eigenvalue weighted by molar-refractivity contribution is -0.00704. The number of aliphatic hydroxyl groups is 1. The Morgan fingerprint density at radius 1 is 1.19 bits per heavy atom. The molecule has 31 heavy (non-hydrogen) atoms. The Balaban J connectivity index is 1.38. The van der Waals surface area contributed by atoms with Gasteiger partial charge in [0.2, 0.25) is 0 Å². The summed E-state index contributed by atoms with van der Waals surface area (Å²) in [7, 11) is 0. The van der Waals surface area contributed by atoms with Gasteiger partial charge in [0.1, 0.15) is 17.4 Å². The van der Waals surface area contributed by atoms with E-state index in [0.717, 1.165) is 63.0 Å². The van der Waals surface area contributed by atoms with Crippen molar-refractivity contribution in [2.75, 3.05) is 24.6 Å². The molecule has 0 radical (unpaired) electrons. The van der Waals surface area contributed by atoms with E-state index in [1.807, 2.05) is 12.3 Å². The van der Waals surface area contributed by atoms with Crippen LogP contribution >= 0.6 is 11.6 Å². The molecule has 0 atom stereocenters. The van der Waals surface area contributed by atoms with Crippen molar-refractivity contribution in [3.8, 4) is 11.8 Å². The van der Waals surface area contributed by atoms with E-state index in [9.17, 15) is 5.11 Å². The summed E-state index contributed by atoms with van der Waals surface area (Å²) in [5, 5.41) is 27.6. The fourth-order valence-corrected chi connectivity index (χ4v) is 5.90. The molecule has 0 unspecified atom stereocenters. The first kappa shape index (κ1) is 20.5. The van der Waals surface area contributed by atoms with Crippen LogP contribution in [0.1, 0.15) is 56.1 Å². The number of aromatic nitrogens is 2. The number of aliphatic hydroxyl groups excluding tert-OH is 1. The Bertz CT molecular complexity index is 1000. The van der Waals surface area contributed by atoms with Crippen molar-refractivity contribution in [3.05, 3.63) is 46.6 Å². The van der Waals surface area contributed by atoms with Gasteiger partial charge in [-0.1, -0.05) is 18.0 Å². The Morgan fingerprint density at radius 3 is 2.65 bits per heavy atom. The first-order chi connectivity index (χ1) is 15.0. The van der Waals surface area contributed by atoms with E-state index in [2.05, 4.69) is 27.2 Å². The summed E-state index contributed by atoms with van der Waals surface area (Å²) in [5.41, 5.74) is 1.41. The van der Waals surface area contributed by atoms with Crippen molar-refractivity contribution < 1.29 is 9.84 Å². The van der Waals surface area contributed by atoms with Crippen LogP contribution in [0.15, 0.2) is 30.5 Å². The Kier molecular flexibility index (Phi) is 5.27. The number of hydrogen-bond donors (Lipinski definition) is 1. The summed E-state index contributed by atoms with van der Waals surface area (Å²) in [5.74, 6) is 2.05. The number of rotatable bonds is 5. The molecule has 0 amide bonds. The number of nitrogens with zero attached hydrogens (tertiary/aromatic N) is 4. The second-order valence-corrected chi connectivity index (χ2v) is 9.93. The fraction of sp³-hybridized carbons (Fsp3) is 0.542. The standard InChI is InChI=1S/C24H27ClN4O2/c25-21-9-20(5-4-18(21)12-26)31-24(6-2-1-3-7-24)19-8-22(28-27-13-19)29-15-23(16-29)10-17(11-23)14-30/h4-5,8-9,13,17,30H,1-3,6-7,10-11,14-16H2. The molecule has 1 aromatic carbocycles. The topological polar surface area (TPSA) is 82.3 Å². The van der Waals surface area contributed by atoms with Crippen LogP contribution in [0.3, 0.4) is 0 Å². The van der Waals surface area contributed by atoms with Crippen LogP contribution in [0, 0.1) is 22.7 Å². The third-order valence-corrected chi connectivity index (χ3v) is 7.59. The molecular formula is C24H27ClN4O2. The molecule has 162 valence electrons. The van der Waals surface area contributed by atoms with Crippen LogP contribution in [0.2, 0.25) is 5.02 Å². The van der Waals surface area contributed by atoms with E-state index in [-0.39, 0.29) is 0 Å². The highest BCUT2D eigenvalue weighted by molar-refractivity contribution is 6.31. The molecule has 2 saturated carbocycles. The van der Waals surface area contributed by atoms with Gasteiger partial charge in [-0.3, -0.25) is 0 Å². The SMILES string of the molecule is N#Cc1ccc(OC2(c3cnnc(N4CC5(CC(CO)C5)C4)c3)CCCCC2)cc1Cl. The predicted octanol–water partition coefficient (Wildman–Crippen LogP) is 4.45. The van der Waals surface area contributed by atoms with Crippen LogP contribution in [-0.2, 0) is 5.60 Å². The van der Waals surface area contributed by atoms with Crippen LogP contribution in [-0.4, -0.2) is 35.0 Å². The number of benzene rings is 1. The van der Waals surface area contributed by atoms with Gasteiger partial charge in [0.15, 0.2) is 5.82 Å². The number of anilines is 1. The van der Waals surface area contributed by atoms with Crippen molar-refractivity contribution in [1.82, 2.24) is 10.2 Å². The molecule has 2 heterocycles. The Morgan fingerprint density at radius 2 is 1.97 bits per heavy atom. The molecule has 7 heteroatoms. The van der Waals surface area contributed by atoms with Crippen LogP contribution < -0.4 is 9.64 Å². The molecule has 2 aromatic rings. The summed E-state index contributed by atoms with van der Waals surface area (Å²) >= 11 is 6.25. The smallest absolute Gasteiger partial charge is 0.151 e. The van der Waals surface area contributed by atoms with Gasteiger partial charge in [0.05, 0.1) is 16.8 Å². The third kappa shape index (κ3) is 3.75. The molecule has 5 rings (SSSR count). The summed E-state index contributed by atoms with van der Waals surface area (Å²) < 4.78 is 6.59. The summed E-state index contributed by atoms with van der Waals surface area (Å²) in [4.78, 5) is 2.29. The normalized spacial score (nSPS) is 21.8. The van der Waals surface area contributed by atoms with Crippen LogP contribution in [0.25, 0.3) is 0 Å². The maximum atomic E-state index is 9.32. The van der Waals surface area contributed by atoms with E-state index in [0.29, 0.717) is 34.3 Å². The van der Waals surface area contributed by atoms with E-state index in [1.165, 1.54) is 6.42 Å². The molecule has 3 aliphatic rings. The maximum Gasteiger partial charge on any atom is 0.151 e. The molecule has 1 aromatic heterocycles. The van der Waals surface area contributed by atoms with Crippen molar-refractivity contribution in [2.24, 2.45) is 11.3 Å². The lowest BCUT2D eigenvalue weighted by atomic mass is 9.58. The molecule has 1 N–H and O–H groups in total. The highest BCUT2D eigenvalue weighted by Gasteiger charge is 2.52. The molecule has 1 aliphatic heterocycles. The molecule has 1 saturated heterocycles. The highest BCUT2D eigenvalue weighted by atomic mass is 35.5. The summed E-state index contributed by atoms with van der Waals surface area (Å²) in [6, 6.07) is 9.50. The second-order valence-electron chi connectivity index (χ2n) is 9.53.